The first-order chi connectivity index (χ1) is 14.6. The van der Waals surface area contributed by atoms with Crippen LogP contribution in [-0.2, 0) is 0 Å². The van der Waals surface area contributed by atoms with Crippen LogP contribution in [-0.4, -0.2) is 32.1 Å². The van der Waals surface area contributed by atoms with E-state index in [9.17, 15) is 4.39 Å². The lowest BCUT2D eigenvalue weighted by Gasteiger charge is -2.11. The van der Waals surface area contributed by atoms with E-state index >= 15 is 0 Å². The minimum Gasteiger partial charge on any atom is -0.491 e. The summed E-state index contributed by atoms with van der Waals surface area (Å²) in [5, 5.41) is 10.3. The van der Waals surface area contributed by atoms with Crippen molar-refractivity contribution < 1.29 is 9.13 Å². The molecule has 0 radical (unpaired) electrons. The minimum absolute atomic E-state index is 0.306. The second-order valence-corrected chi connectivity index (χ2v) is 8.03. The Bertz CT molecular complexity index is 1140. The minimum atomic E-state index is -0.306. The van der Waals surface area contributed by atoms with Gasteiger partial charge in [0.1, 0.15) is 11.6 Å². The fourth-order valence-electron chi connectivity index (χ4n) is 2.75. The second kappa shape index (κ2) is 9.47. The maximum atomic E-state index is 13.4. The van der Waals surface area contributed by atoms with Crippen LogP contribution in [0.3, 0.4) is 0 Å². The number of benzene rings is 2. The largest absolute Gasteiger partial charge is 0.491 e. The molecule has 5 nitrogen and oxygen atoms in total. The average Bonchev–Trinajstić information content (AvgIpc) is 3.17. The van der Waals surface area contributed by atoms with Gasteiger partial charge in [-0.2, -0.15) is 0 Å². The van der Waals surface area contributed by atoms with Gasteiger partial charge in [-0.3, -0.25) is 9.55 Å². The number of ether oxygens (including phenoxy) is 1. The van der Waals surface area contributed by atoms with Gasteiger partial charge in [0.05, 0.1) is 11.6 Å². The number of hydrogen-bond donors (Lipinski definition) is 0. The first kappa shape index (κ1) is 20.7. The summed E-state index contributed by atoms with van der Waals surface area (Å²) < 4.78 is 21.1. The molecule has 0 fully saturated rings. The lowest BCUT2D eigenvalue weighted by Crippen LogP contribution is -2.04. The monoisotopic (exact) mass is 460 g/mol. The van der Waals surface area contributed by atoms with E-state index in [0.717, 1.165) is 11.3 Å². The summed E-state index contributed by atoms with van der Waals surface area (Å²) in [4.78, 5) is 4.05. The van der Waals surface area contributed by atoms with Crippen LogP contribution in [0.15, 0.2) is 72.1 Å². The molecule has 0 aliphatic heterocycles. The predicted octanol–water partition coefficient (Wildman–Crippen LogP) is 5.95. The van der Waals surface area contributed by atoms with Gasteiger partial charge >= 0.3 is 0 Å². The van der Waals surface area contributed by atoms with E-state index in [1.807, 2.05) is 16.7 Å². The molecule has 0 atom stereocenters. The van der Waals surface area contributed by atoms with E-state index in [4.69, 9.17) is 27.9 Å². The third-order valence-corrected chi connectivity index (χ3v) is 5.55. The maximum absolute atomic E-state index is 13.4. The van der Waals surface area contributed by atoms with Gasteiger partial charge in [0.15, 0.2) is 11.0 Å². The molecule has 0 saturated carbocycles. The van der Waals surface area contributed by atoms with E-state index < -0.39 is 0 Å². The summed E-state index contributed by atoms with van der Waals surface area (Å²) in [7, 11) is 0. The highest BCUT2D eigenvalue weighted by Crippen LogP contribution is 2.30. The van der Waals surface area contributed by atoms with Gasteiger partial charge in [-0.05, 0) is 54.6 Å². The number of halogens is 3. The SMILES string of the molecule is Fc1ccc(-n2c(SCCOc3ccc(Cl)cc3Cl)nnc2-c2ccncc2)cc1. The van der Waals surface area contributed by atoms with E-state index in [1.54, 1.807) is 42.7 Å². The highest BCUT2D eigenvalue weighted by Gasteiger charge is 2.16. The quantitative estimate of drug-likeness (QED) is 0.252. The van der Waals surface area contributed by atoms with Crippen molar-refractivity contribution in [2.45, 2.75) is 5.16 Å². The molecule has 0 amide bonds. The van der Waals surface area contributed by atoms with Crippen molar-refractivity contribution in [1.29, 1.82) is 0 Å². The zero-order chi connectivity index (χ0) is 20.9. The van der Waals surface area contributed by atoms with Gasteiger partial charge in [-0.15, -0.1) is 10.2 Å². The van der Waals surface area contributed by atoms with Gasteiger partial charge < -0.3 is 4.74 Å². The summed E-state index contributed by atoms with van der Waals surface area (Å²) in [6.45, 7) is 0.410. The molecule has 0 N–H and O–H groups in total. The molecular formula is C21H15Cl2FN4OS. The molecule has 9 heteroatoms. The Hall–Kier alpha value is -2.61. The Morgan fingerprint density at radius 2 is 1.73 bits per heavy atom. The van der Waals surface area contributed by atoms with Gasteiger partial charge in [-0.25, -0.2) is 4.39 Å². The van der Waals surface area contributed by atoms with Crippen molar-refractivity contribution >= 4 is 35.0 Å². The summed E-state index contributed by atoms with van der Waals surface area (Å²) in [5.41, 5.74) is 1.62. The summed E-state index contributed by atoms with van der Waals surface area (Å²) >= 11 is 13.5. The molecule has 2 aromatic carbocycles. The molecular weight excluding hydrogens is 446 g/mol. The number of rotatable bonds is 7. The number of thioether (sulfide) groups is 1. The summed E-state index contributed by atoms with van der Waals surface area (Å²) in [6, 6.07) is 15.0. The molecule has 0 spiro atoms. The van der Waals surface area contributed by atoms with Crippen LogP contribution >= 0.6 is 35.0 Å². The van der Waals surface area contributed by atoms with Crippen molar-refractivity contribution in [3.63, 3.8) is 0 Å². The van der Waals surface area contributed by atoms with Crippen LogP contribution in [0, 0.1) is 5.82 Å². The van der Waals surface area contributed by atoms with Gasteiger partial charge in [0.25, 0.3) is 0 Å². The van der Waals surface area contributed by atoms with Crippen molar-refractivity contribution in [2.75, 3.05) is 12.4 Å². The predicted molar refractivity (Wildman–Crippen MR) is 117 cm³/mol. The number of hydrogen-bond acceptors (Lipinski definition) is 5. The smallest absolute Gasteiger partial charge is 0.196 e. The van der Waals surface area contributed by atoms with Gasteiger partial charge in [-0.1, -0.05) is 35.0 Å². The van der Waals surface area contributed by atoms with Crippen molar-refractivity contribution in [1.82, 2.24) is 19.7 Å². The van der Waals surface area contributed by atoms with E-state index in [-0.39, 0.29) is 5.82 Å². The van der Waals surface area contributed by atoms with Gasteiger partial charge in [0, 0.05) is 34.4 Å². The Kier molecular flexibility index (Phi) is 6.52. The lowest BCUT2D eigenvalue weighted by molar-refractivity contribution is 0.344. The molecule has 0 aliphatic rings. The van der Waals surface area contributed by atoms with E-state index in [2.05, 4.69) is 15.2 Å². The van der Waals surface area contributed by atoms with Crippen molar-refractivity contribution in [2.24, 2.45) is 0 Å². The number of aromatic nitrogens is 4. The molecule has 0 saturated heterocycles. The van der Waals surface area contributed by atoms with Crippen LogP contribution in [0.2, 0.25) is 10.0 Å². The van der Waals surface area contributed by atoms with Gasteiger partial charge in [0.2, 0.25) is 0 Å². The fraction of sp³-hybridized carbons (Fsp3) is 0.0952. The van der Waals surface area contributed by atoms with E-state index in [0.29, 0.717) is 39.1 Å². The molecule has 0 aliphatic carbocycles. The Morgan fingerprint density at radius 3 is 2.47 bits per heavy atom. The Labute approximate surface area is 186 Å². The number of nitrogens with zero attached hydrogens (tertiary/aromatic N) is 4. The standard InChI is InChI=1S/C21H15Cl2FN4OS/c22-15-1-6-19(18(23)13-15)29-11-12-30-21-27-26-20(14-7-9-25-10-8-14)28(21)17-4-2-16(24)3-5-17/h1-10,13H,11-12H2. The van der Waals surface area contributed by atoms with E-state index in [1.165, 1.54) is 23.9 Å². The molecule has 4 rings (SSSR count). The first-order valence-corrected chi connectivity index (χ1v) is 10.7. The Balaban J connectivity index is 1.54. The Morgan fingerprint density at radius 1 is 0.967 bits per heavy atom. The van der Waals surface area contributed by atoms with Crippen LogP contribution in [0.4, 0.5) is 4.39 Å². The molecule has 152 valence electrons. The number of pyridine rings is 1. The highest BCUT2D eigenvalue weighted by atomic mass is 35.5. The molecule has 0 unspecified atom stereocenters. The lowest BCUT2D eigenvalue weighted by atomic mass is 10.2. The molecule has 30 heavy (non-hydrogen) atoms. The topological polar surface area (TPSA) is 52.8 Å². The average molecular weight is 461 g/mol. The third kappa shape index (κ3) is 4.75. The first-order valence-electron chi connectivity index (χ1n) is 8.94. The maximum Gasteiger partial charge on any atom is 0.196 e. The normalized spacial score (nSPS) is 10.9. The molecule has 0 bridgehead atoms. The third-order valence-electron chi connectivity index (χ3n) is 4.12. The van der Waals surface area contributed by atoms with Crippen LogP contribution in [0.1, 0.15) is 0 Å². The van der Waals surface area contributed by atoms with Crippen molar-refractivity contribution in [3.05, 3.63) is 82.9 Å². The summed E-state index contributed by atoms with van der Waals surface area (Å²) in [5.74, 6) is 1.52. The fourth-order valence-corrected chi connectivity index (χ4v) is 3.98. The van der Waals surface area contributed by atoms with Crippen LogP contribution in [0.5, 0.6) is 5.75 Å². The zero-order valence-electron chi connectivity index (χ0n) is 15.5. The summed E-state index contributed by atoms with van der Waals surface area (Å²) in [6.07, 6.45) is 3.38. The van der Waals surface area contributed by atoms with Crippen molar-refractivity contribution in [3.8, 4) is 22.8 Å². The molecule has 4 aromatic rings. The second-order valence-electron chi connectivity index (χ2n) is 6.13. The molecule has 2 heterocycles. The zero-order valence-corrected chi connectivity index (χ0v) is 17.8. The highest BCUT2D eigenvalue weighted by molar-refractivity contribution is 7.99. The van der Waals surface area contributed by atoms with Crippen LogP contribution in [0.25, 0.3) is 17.1 Å². The molecule has 2 aromatic heterocycles. The van der Waals surface area contributed by atoms with Crippen LogP contribution < -0.4 is 4.74 Å².